The zero-order valence-electron chi connectivity index (χ0n) is 12.5. The maximum atomic E-state index is 9.75. The summed E-state index contributed by atoms with van der Waals surface area (Å²) in [7, 11) is 0. The van der Waals surface area contributed by atoms with Crippen molar-refractivity contribution in [3.63, 3.8) is 0 Å². The van der Waals surface area contributed by atoms with Crippen LogP contribution in [0.1, 0.15) is 44.3 Å². The highest BCUT2D eigenvalue weighted by atomic mass is 32.2. The molecule has 0 bridgehead atoms. The molecule has 5 nitrogen and oxygen atoms in total. The molecule has 6 heteroatoms. The van der Waals surface area contributed by atoms with Crippen LogP contribution < -0.4 is 0 Å². The van der Waals surface area contributed by atoms with Crippen molar-refractivity contribution in [2.45, 2.75) is 44.9 Å². The Kier molecular flexibility index (Phi) is 5.86. The molecule has 0 amide bonds. The lowest BCUT2D eigenvalue weighted by atomic mass is 9.77. The first-order chi connectivity index (χ1) is 9.71. The first-order valence-electron chi connectivity index (χ1n) is 7.35. The zero-order valence-corrected chi connectivity index (χ0v) is 13.3. The highest BCUT2D eigenvalue weighted by molar-refractivity contribution is 7.97. The third-order valence-electron chi connectivity index (χ3n) is 4.00. The maximum Gasteiger partial charge on any atom is 0.240 e. The van der Waals surface area contributed by atoms with Crippen LogP contribution in [0, 0.1) is 5.41 Å². The molecule has 1 fully saturated rings. The van der Waals surface area contributed by atoms with Gasteiger partial charge in [-0.3, -0.25) is 4.90 Å². The molecule has 1 aromatic rings. The van der Waals surface area contributed by atoms with Crippen molar-refractivity contribution < 1.29 is 9.63 Å². The lowest BCUT2D eigenvalue weighted by Gasteiger charge is -2.41. The minimum absolute atomic E-state index is 0.0646. The van der Waals surface area contributed by atoms with Crippen LogP contribution in [0.25, 0.3) is 0 Å². The van der Waals surface area contributed by atoms with Crippen LogP contribution >= 0.6 is 11.8 Å². The number of thioether (sulfide) groups is 1. The van der Waals surface area contributed by atoms with Crippen LogP contribution in [0.2, 0.25) is 0 Å². The van der Waals surface area contributed by atoms with E-state index in [1.165, 1.54) is 0 Å². The zero-order chi connectivity index (χ0) is 14.4. The molecule has 0 aromatic carbocycles. The van der Waals surface area contributed by atoms with Gasteiger partial charge < -0.3 is 9.63 Å². The summed E-state index contributed by atoms with van der Waals surface area (Å²) in [6.07, 6.45) is 6.48. The molecule has 1 unspecified atom stereocenters. The van der Waals surface area contributed by atoms with E-state index < -0.39 is 0 Å². The van der Waals surface area contributed by atoms with Crippen molar-refractivity contribution in [1.82, 2.24) is 15.0 Å². The standard InChI is InChI=1S/C14H25N3O2S/c1-3-5-14(11-18)6-4-7-17(10-14)8-13-15-12(9-20-2)16-19-13/h18H,3-11H2,1-2H3. The van der Waals surface area contributed by atoms with E-state index in [9.17, 15) is 5.11 Å². The highest BCUT2D eigenvalue weighted by Gasteiger charge is 2.34. The van der Waals surface area contributed by atoms with Gasteiger partial charge in [0.2, 0.25) is 5.89 Å². The smallest absolute Gasteiger partial charge is 0.240 e. The fourth-order valence-corrected chi connectivity index (χ4v) is 3.50. The number of likely N-dealkylation sites (tertiary alicyclic amines) is 1. The summed E-state index contributed by atoms with van der Waals surface area (Å²) in [5.41, 5.74) is 0.0646. The topological polar surface area (TPSA) is 62.4 Å². The molecule has 1 atom stereocenters. The third kappa shape index (κ3) is 3.96. The van der Waals surface area contributed by atoms with Crippen LogP contribution in [-0.2, 0) is 12.3 Å². The number of aliphatic hydroxyl groups excluding tert-OH is 1. The van der Waals surface area contributed by atoms with Crippen molar-refractivity contribution in [2.75, 3.05) is 26.0 Å². The largest absolute Gasteiger partial charge is 0.396 e. The summed E-state index contributed by atoms with van der Waals surface area (Å²) >= 11 is 1.69. The molecule has 20 heavy (non-hydrogen) atoms. The Hall–Kier alpha value is -0.590. The van der Waals surface area contributed by atoms with Crippen LogP contribution in [0.3, 0.4) is 0 Å². The van der Waals surface area contributed by atoms with E-state index in [2.05, 4.69) is 22.0 Å². The Morgan fingerprint density at radius 1 is 1.50 bits per heavy atom. The summed E-state index contributed by atoms with van der Waals surface area (Å²) in [4.78, 5) is 6.75. The normalized spacial score (nSPS) is 24.1. The van der Waals surface area contributed by atoms with Crippen molar-refractivity contribution >= 4 is 11.8 Å². The summed E-state index contributed by atoms with van der Waals surface area (Å²) in [5, 5.41) is 13.7. The van der Waals surface area contributed by atoms with Gasteiger partial charge in [-0.05, 0) is 32.1 Å². The third-order valence-corrected chi connectivity index (χ3v) is 4.55. The second-order valence-corrected chi connectivity index (χ2v) is 6.63. The van der Waals surface area contributed by atoms with Crippen LogP contribution in [-0.4, -0.2) is 46.1 Å². The number of aliphatic hydroxyl groups is 1. The molecule has 1 aliphatic heterocycles. The average Bonchev–Trinajstić information content (AvgIpc) is 2.87. The van der Waals surface area contributed by atoms with E-state index in [4.69, 9.17) is 4.52 Å². The van der Waals surface area contributed by atoms with E-state index in [1.54, 1.807) is 11.8 Å². The minimum Gasteiger partial charge on any atom is -0.396 e. The van der Waals surface area contributed by atoms with E-state index >= 15 is 0 Å². The maximum absolute atomic E-state index is 9.75. The van der Waals surface area contributed by atoms with Gasteiger partial charge in [-0.25, -0.2) is 0 Å². The molecule has 1 aromatic heterocycles. The Morgan fingerprint density at radius 3 is 3.05 bits per heavy atom. The molecule has 1 aliphatic rings. The summed E-state index contributed by atoms with van der Waals surface area (Å²) < 4.78 is 5.30. The van der Waals surface area contributed by atoms with Gasteiger partial charge in [-0.1, -0.05) is 18.5 Å². The Balaban J connectivity index is 1.94. The predicted octanol–water partition coefficient (Wildman–Crippen LogP) is 2.31. The number of nitrogens with zero attached hydrogens (tertiary/aromatic N) is 3. The number of piperidine rings is 1. The van der Waals surface area contributed by atoms with Gasteiger partial charge in [0.25, 0.3) is 0 Å². The molecule has 114 valence electrons. The summed E-state index contributed by atoms with van der Waals surface area (Å²) in [5.74, 6) is 2.26. The number of hydrogen-bond donors (Lipinski definition) is 1. The van der Waals surface area contributed by atoms with Crippen LogP contribution in [0.15, 0.2) is 4.52 Å². The fourth-order valence-electron chi connectivity index (χ4n) is 3.12. The molecule has 0 spiro atoms. The predicted molar refractivity (Wildman–Crippen MR) is 80.5 cm³/mol. The van der Waals surface area contributed by atoms with Crippen LogP contribution in [0.5, 0.6) is 0 Å². The molecule has 2 rings (SSSR count). The van der Waals surface area contributed by atoms with Gasteiger partial charge >= 0.3 is 0 Å². The van der Waals surface area contributed by atoms with Gasteiger partial charge in [-0.15, -0.1) is 0 Å². The Labute approximate surface area is 125 Å². The lowest BCUT2D eigenvalue weighted by Crippen LogP contribution is -2.44. The van der Waals surface area contributed by atoms with Crippen molar-refractivity contribution in [1.29, 1.82) is 0 Å². The van der Waals surface area contributed by atoms with E-state index in [1.807, 2.05) is 6.26 Å². The Bertz CT molecular complexity index is 409. The molecule has 0 radical (unpaired) electrons. The van der Waals surface area contributed by atoms with Gasteiger partial charge in [0.05, 0.1) is 12.3 Å². The monoisotopic (exact) mass is 299 g/mol. The number of rotatable bonds is 7. The first-order valence-corrected chi connectivity index (χ1v) is 8.74. The highest BCUT2D eigenvalue weighted by Crippen LogP contribution is 2.34. The SMILES string of the molecule is CCCC1(CO)CCCN(Cc2nc(CSC)no2)C1. The molecule has 1 N–H and O–H groups in total. The van der Waals surface area contributed by atoms with Gasteiger partial charge in [0, 0.05) is 18.6 Å². The van der Waals surface area contributed by atoms with E-state index in [0.717, 1.165) is 50.4 Å². The molecular weight excluding hydrogens is 274 g/mol. The molecule has 1 saturated heterocycles. The molecular formula is C14H25N3O2S. The summed E-state index contributed by atoms with van der Waals surface area (Å²) in [6.45, 7) is 5.14. The van der Waals surface area contributed by atoms with Crippen LogP contribution in [0.4, 0.5) is 0 Å². The van der Waals surface area contributed by atoms with Crippen molar-refractivity contribution in [3.8, 4) is 0 Å². The molecule has 2 heterocycles. The summed E-state index contributed by atoms with van der Waals surface area (Å²) in [6, 6.07) is 0. The van der Waals surface area contributed by atoms with Gasteiger partial charge in [0.1, 0.15) is 0 Å². The Morgan fingerprint density at radius 2 is 2.35 bits per heavy atom. The number of hydrogen-bond acceptors (Lipinski definition) is 6. The molecule has 0 saturated carbocycles. The fraction of sp³-hybridized carbons (Fsp3) is 0.857. The lowest BCUT2D eigenvalue weighted by molar-refractivity contribution is 0.0177. The van der Waals surface area contributed by atoms with E-state index in [-0.39, 0.29) is 12.0 Å². The molecule has 0 aliphatic carbocycles. The minimum atomic E-state index is 0.0646. The second kappa shape index (κ2) is 7.43. The second-order valence-electron chi connectivity index (χ2n) is 5.76. The first kappa shape index (κ1) is 15.8. The van der Waals surface area contributed by atoms with Crippen molar-refractivity contribution in [2.24, 2.45) is 5.41 Å². The van der Waals surface area contributed by atoms with Crippen molar-refractivity contribution in [3.05, 3.63) is 11.7 Å². The van der Waals surface area contributed by atoms with Gasteiger partial charge in [-0.2, -0.15) is 16.7 Å². The van der Waals surface area contributed by atoms with E-state index in [0.29, 0.717) is 12.4 Å². The number of aromatic nitrogens is 2. The average molecular weight is 299 g/mol. The van der Waals surface area contributed by atoms with Gasteiger partial charge in [0.15, 0.2) is 5.82 Å². The quantitative estimate of drug-likeness (QED) is 0.833.